The van der Waals surface area contributed by atoms with Gasteiger partial charge in [-0.1, -0.05) is 19.3 Å². The van der Waals surface area contributed by atoms with E-state index >= 15 is 0 Å². The van der Waals surface area contributed by atoms with Crippen molar-refractivity contribution in [1.82, 2.24) is 0 Å². The molecule has 1 unspecified atom stereocenters. The fourth-order valence-electron chi connectivity index (χ4n) is 1.33. The number of rotatable bonds is 10. The van der Waals surface area contributed by atoms with Crippen LogP contribution in [0.2, 0.25) is 0 Å². The average Bonchev–Trinajstić information content (AvgIpc) is 2.25. The van der Waals surface area contributed by atoms with E-state index in [4.69, 9.17) is 14.9 Å². The summed E-state index contributed by atoms with van der Waals surface area (Å²) in [7, 11) is 0. The third kappa shape index (κ3) is 13.6. The van der Waals surface area contributed by atoms with Gasteiger partial charge >= 0.3 is 6.18 Å². The topological polar surface area (TPSA) is 49.7 Å². The molecule has 0 amide bonds. The Kier molecular flexibility index (Phi) is 9.49. The third-order valence-electron chi connectivity index (χ3n) is 2.27. The Morgan fingerprint density at radius 1 is 1.00 bits per heavy atom. The highest BCUT2D eigenvalue weighted by Crippen LogP contribution is 2.22. The van der Waals surface area contributed by atoms with Crippen molar-refractivity contribution < 1.29 is 28.1 Å². The van der Waals surface area contributed by atoms with E-state index in [1.165, 1.54) is 0 Å². The van der Waals surface area contributed by atoms with E-state index in [2.05, 4.69) is 0 Å². The summed E-state index contributed by atoms with van der Waals surface area (Å²) in [5.41, 5.74) is 0. The molecule has 0 aliphatic rings. The number of halogens is 3. The first-order valence-electron chi connectivity index (χ1n) is 5.89. The summed E-state index contributed by atoms with van der Waals surface area (Å²) in [6, 6.07) is 0. The van der Waals surface area contributed by atoms with Gasteiger partial charge in [0.25, 0.3) is 0 Å². The Hall–Kier alpha value is -0.330. The second kappa shape index (κ2) is 9.67. The normalized spacial score (nSPS) is 13.9. The second-order valence-electron chi connectivity index (χ2n) is 4.04. The molecule has 0 bridgehead atoms. The fourth-order valence-corrected chi connectivity index (χ4v) is 1.33. The van der Waals surface area contributed by atoms with Gasteiger partial charge < -0.3 is 14.9 Å². The van der Waals surface area contributed by atoms with Crippen LogP contribution in [-0.2, 0) is 4.74 Å². The summed E-state index contributed by atoms with van der Waals surface area (Å²) >= 11 is 0. The van der Waals surface area contributed by atoms with E-state index in [0.717, 1.165) is 19.3 Å². The molecular formula is C11H21F3O3. The van der Waals surface area contributed by atoms with Crippen LogP contribution in [0.4, 0.5) is 13.2 Å². The lowest BCUT2D eigenvalue weighted by Gasteiger charge is -2.08. The Bertz CT molecular complexity index is 174. The second-order valence-corrected chi connectivity index (χ2v) is 4.04. The highest BCUT2D eigenvalue weighted by molar-refractivity contribution is 4.52. The fraction of sp³-hybridized carbons (Fsp3) is 1.00. The number of aliphatic hydroxyl groups is 2. The van der Waals surface area contributed by atoms with Crippen LogP contribution in [0.15, 0.2) is 0 Å². The Morgan fingerprint density at radius 3 is 2.18 bits per heavy atom. The summed E-state index contributed by atoms with van der Waals surface area (Å²) in [5.74, 6) is 0. The Labute approximate surface area is 99.6 Å². The van der Waals surface area contributed by atoms with Crippen LogP contribution in [0.25, 0.3) is 0 Å². The Balaban J connectivity index is 3.09. The molecule has 0 heterocycles. The van der Waals surface area contributed by atoms with E-state index in [9.17, 15) is 13.2 Å². The first-order valence-corrected chi connectivity index (χ1v) is 5.89. The van der Waals surface area contributed by atoms with Crippen molar-refractivity contribution in [3.05, 3.63) is 0 Å². The SMILES string of the molecule is OCC(O)COCCCCCCCC(F)(F)F. The quantitative estimate of drug-likeness (QED) is 0.591. The van der Waals surface area contributed by atoms with Crippen LogP contribution in [0.1, 0.15) is 38.5 Å². The standard InChI is InChI=1S/C11H21F3O3/c12-11(13,14)6-4-2-1-3-5-7-17-9-10(16)8-15/h10,15-16H,1-9H2. The maximum absolute atomic E-state index is 11.8. The zero-order valence-electron chi connectivity index (χ0n) is 9.88. The van der Waals surface area contributed by atoms with Crippen molar-refractivity contribution in [2.45, 2.75) is 50.8 Å². The molecule has 0 radical (unpaired) electrons. The van der Waals surface area contributed by atoms with Gasteiger partial charge in [0, 0.05) is 13.0 Å². The van der Waals surface area contributed by atoms with Gasteiger partial charge in [-0.05, 0) is 12.8 Å². The van der Waals surface area contributed by atoms with E-state index in [0.29, 0.717) is 13.0 Å². The van der Waals surface area contributed by atoms with Gasteiger partial charge in [-0.2, -0.15) is 13.2 Å². The molecule has 0 spiro atoms. The zero-order chi connectivity index (χ0) is 13.1. The average molecular weight is 258 g/mol. The maximum atomic E-state index is 11.8. The predicted octanol–water partition coefficient (Wildman–Crippen LogP) is 2.26. The summed E-state index contributed by atoms with van der Waals surface area (Å²) in [6.45, 7) is 0.248. The molecule has 6 heteroatoms. The van der Waals surface area contributed by atoms with Crippen LogP contribution < -0.4 is 0 Å². The number of unbranched alkanes of at least 4 members (excludes halogenated alkanes) is 4. The van der Waals surface area contributed by atoms with Crippen molar-refractivity contribution in [1.29, 1.82) is 0 Å². The van der Waals surface area contributed by atoms with Crippen molar-refractivity contribution in [3.8, 4) is 0 Å². The number of hydrogen-bond donors (Lipinski definition) is 2. The molecule has 1 atom stereocenters. The van der Waals surface area contributed by atoms with Gasteiger partial charge in [0.1, 0.15) is 6.10 Å². The van der Waals surface area contributed by atoms with Crippen molar-refractivity contribution >= 4 is 0 Å². The van der Waals surface area contributed by atoms with Gasteiger partial charge in [0.05, 0.1) is 13.2 Å². The molecule has 0 aromatic carbocycles. The lowest BCUT2D eigenvalue weighted by atomic mass is 10.1. The van der Waals surface area contributed by atoms with Gasteiger partial charge in [-0.3, -0.25) is 0 Å². The van der Waals surface area contributed by atoms with Crippen LogP contribution in [0.5, 0.6) is 0 Å². The molecule has 17 heavy (non-hydrogen) atoms. The molecular weight excluding hydrogens is 237 g/mol. The summed E-state index contributed by atoms with van der Waals surface area (Å²) in [4.78, 5) is 0. The van der Waals surface area contributed by atoms with Crippen LogP contribution in [-0.4, -0.2) is 42.3 Å². The van der Waals surface area contributed by atoms with E-state index in [1.54, 1.807) is 0 Å². The molecule has 2 N–H and O–H groups in total. The molecule has 0 aromatic heterocycles. The zero-order valence-corrected chi connectivity index (χ0v) is 9.88. The summed E-state index contributed by atoms with van der Waals surface area (Å²) in [6.07, 6.45) is -2.46. The smallest absolute Gasteiger partial charge is 0.389 e. The lowest BCUT2D eigenvalue weighted by Crippen LogP contribution is -2.19. The molecule has 0 aromatic rings. The van der Waals surface area contributed by atoms with Gasteiger partial charge in [-0.25, -0.2) is 0 Å². The maximum Gasteiger partial charge on any atom is 0.389 e. The number of aliphatic hydroxyl groups excluding tert-OH is 2. The molecule has 0 saturated carbocycles. The number of alkyl halides is 3. The van der Waals surface area contributed by atoms with Crippen molar-refractivity contribution in [2.75, 3.05) is 19.8 Å². The van der Waals surface area contributed by atoms with Crippen LogP contribution in [0.3, 0.4) is 0 Å². The first kappa shape index (κ1) is 16.7. The van der Waals surface area contributed by atoms with Crippen molar-refractivity contribution in [3.63, 3.8) is 0 Å². The predicted molar refractivity (Wildman–Crippen MR) is 57.7 cm³/mol. The highest BCUT2D eigenvalue weighted by Gasteiger charge is 2.25. The minimum absolute atomic E-state index is 0.102. The first-order chi connectivity index (χ1) is 7.95. The highest BCUT2D eigenvalue weighted by atomic mass is 19.4. The van der Waals surface area contributed by atoms with E-state index in [-0.39, 0.29) is 19.6 Å². The molecule has 3 nitrogen and oxygen atoms in total. The molecule has 0 rings (SSSR count). The summed E-state index contributed by atoms with van der Waals surface area (Å²) < 4.78 is 40.4. The van der Waals surface area contributed by atoms with Crippen LogP contribution >= 0.6 is 0 Å². The summed E-state index contributed by atoms with van der Waals surface area (Å²) in [5, 5.41) is 17.4. The number of hydrogen-bond acceptors (Lipinski definition) is 3. The third-order valence-corrected chi connectivity index (χ3v) is 2.27. The largest absolute Gasteiger partial charge is 0.394 e. The molecule has 0 aliphatic heterocycles. The minimum Gasteiger partial charge on any atom is -0.394 e. The van der Waals surface area contributed by atoms with Gasteiger partial charge in [0.15, 0.2) is 0 Å². The molecule has 104 valence electrons. The Morgan fingerprint density at radius 2 is 1.59 bits per heavy atom. The molecule has 0 aliphatic carbocycles. The minimum atomic E-state index is -4.04. The van der Waals surface area contributed by atoms with Crippen LogP contribution in [0, 0.1) is 0 Å². The van der Waals surface area contributed by atoms with E-state index in [1.807, 2.05) is 0 Å². The van der Waals surface area contributed by atoms with Gasteiger partial charge in [0.2, 0.25) is 0 Å². The van der Waals surface area contributed by atoms with Crippen molar-refractivity contribution in [2.24, 2.45) is 0 Å². The van der Waals surface area contributed by atoms with E-state index < -0.39 is 18.7 Å². The lowest BCUT2D eigenvalue weighted by molar-refractivity contribution is -0.135. The number of ether oxygens (including phenoxy) is 1. The molecule has 0 fully saturated rings. The van der Waals surface area contributed by atoms with Gasteiger partial charge in [-0.15, -0.1) is 0 Å². The molecule has 0 saturated heterocycles. The monoisotopic (exact) mass is 258 g/mol.